The highest BCUT2D eigenvalue weighted by molar-refractivity contribution is 9.10. The second-order valence-electron chi connectivity index (χ2n) is 4.91. The molecule has 2 rings (SSSR count). The van der Waals surface area contributed by atoms with Gasteiger partial charge in [-0.2, -0.15) is 0 Å². The highest BCUT2D eigenvalue weighted by Gasteiger charge is 2.08. The van der Waals surface area contributed by atoms with Crippen LogP contribution in [0.3, 0.4) is 0 Å². The SMILES string of the molecule is CNc1cc(Nc2cc(Br)cc(OC)c2)nc(C(C)C)n1. The normalized spacial score (nSPS) is 10.6. The van der Waals surface area contributed by atoms with Gasteiger partial charge in [0.1, 0.15) is 23.2 Å². The van der Waals surface area contributed by atoms with Gasteiger partial charge in [0, 0.05) is 35.3 Å². The Hall–Kier alpha value is -1.82. The summed E-state index contributed by atoms with van der Waals surface area (Å²) in [6, 6.07) is 7.67. The summed E-state index contributed by atoms with van der Waals surface area (Å²) in [6.45, 7) is 4.14. The molecule has 2 aromatic rings. The van der Waals surface area contributed by atoms with Crippen LogP contribution in [-0.2, 0) is 0 Å². The van der Waals surface area contributed by atoms with Crippen LogP contribution in [0.25, 0.3) is 0 Å². The van der Waals surface area contributed by atoms with Crippen LogP contribution in [0.2, 0.25) is 0 Å². The molecule has 21 heavy (non-hydrogen) atoms. The third-order valence-corrected chi connectivity index (χ3v) is 3.35. The van der Waals surface area contributed by atoms with Crippen molar-refractivity contribution < 1.29 is 4.74 Å². The van der Waals surface area contributed by atoms with Gasteiger partial charge in [-0.25, -0.2) is 9.97 Å². The lowest BCUT2D eigenvalue weighted by molar-refractivity contribution is 0.415. The summed E-state index contributed by atoms with van der Waals surface area (Å²) in [4.78, 5) is 8.99. The Morgan fingerprint density at radius 2 is 1.81 bits per heavy atom. The molecule has 0 spiro atoms. The molecule has 5 nitrogen and oxygen atoms in total. The molecule has 6 heteroatoms. The van der Waals surface area contributed by atoms with Gasteiger partial charge in [-0.1, -0.05) is 29.8 Å². The Labute approximate surface area is 133 Å². The van der Waals surface area contributed by atoms with Crippen LogP contribution in [-0.4, -0.2) is 24.1 Å². The Morgan fingerprint density at radius 1 is 1.10 bits per heavy atom. The fourth-order valence-electron chi connectivity index (χ4n) is 1.82. The number of halogens is 1. The van der Waals surface area contributed by atoms with Crippen molar-refractivity contribution in [1.29, 1.82) is 0 Å². The summed E-state index contributed by atoms with van der Waals surface area (Å²) in [5.41, 5.74) is 0.900. The first-order valence-corrected chi connectivity index (χ1v) is 7.49. The van der Waals surface area contributed by atoms with E-state index in [0.717, 1.165) is 33.4 Å². The predicted molar refractivity (Wildman–Crippen MR) is 89.6 cm³/mol. The van der Waals surface area contributed by atoms with Crippen molar-refractivity contribution in [3.8, 4) is 5.75 Å². The van der Waals surface area contributed by atoms with Gasteiger partial charge in [0.05, 0.1) is 7.11 Å². The Kier molecular flexibility index (Phi) is 5.01. The van der Waals surface area contributed by atoms with E-state index in [1.54, 1.807) is 7.11 Å². The molecule has 0 unspecified atom stereocenters. The molecule has 0 aliphatic carbocycles. The first-order chi connectivity index (χ1) is 10.0. The lowest BCUT2D eigenvalue weighted by atomic mass is 10.2. The molecular formula is C15H19BrN4O. The number of nitrogens with one attached hydrogen (secondary N) is 2. The molecule has 0 radical (unpaired) electrons. The maximum Gasteiger partial charge on any atom is 0.136 e. The van der Waals surface area contributed by atoms with Crippen LogP contribution in [0, 0.1) is 0 Å². The van der Waals surface area contributed by atoms with Crippen LogP contribution in [0.1, 0.15) is 25.6 Å². The second kappa shape index (κ2) is 6.76. The van der Waals surface area contributed by atoms with Gasteiger partial charge in [-0.15, -0.1) is 0 Å². The van der Waals surface area contributed by atoms with Crippen molar-refractivity contribution in [3.63, 3.8) is 0 Å². The number of aromatic nitrogens is 2. The summed E-state index contributed by atoms with van der Waals surface area (Å²) < 4.78 is 6.21. The quantitative estimate of drug-likeness (QED) is 0.847. The van der Waals surface area contributed by atoms with Crippen LogP contribution in [0.15, 0.2) is 28.7 Å². The highest BCUT2D eigenvalue weighted by Crippen LogP contribution is 2.27. The van der Waals surface area contributed by atoms with Crippen molar-refractivity contribution in [2.24, 2.45) is 0 Å². The number of methoxy groups -OCH3 is 1. The molecule has 0 aliphatic rings. The molecule has 1 heterocycles. The summed E-state index contributed by atoms with van der Waals surface area (Å²) in [5.74, 6) is 3.37. The number of ether oxygens (including phenoxy) is 1. The Bertz CT molecular complexity index is 631. The van der Waals surface area contributed by atoms with Crippen LogP contribution < -0.4 is 15.4 Å². The van der Waals surface area contributed by atoms with E-state index in [2.05, 4.69) is 50.4 Å². The Balaban J connectivity index is 2.34. The Morgan fingerprint density at radius 3 is 2.43 bits per heavy atom. The van der Waals surface area contributed by atoms with Gasteiger partial charge >= 0.3 is 0 Å². The summed E-state index contributed by atoms with van der Waals surface area (Å²) in [7, 11) is 3.49. The third-order valence-electron chi connectivity index (χ3n) is 2.90. The second-order valence-corrected chi connectivity index (χ2v) is 5.82. The molecule has 0 aliphatic heterocycles. The molecule has 1 aromatic carbocycles. The molecule has 0 fully saturated rings. The number of nitrogens with zero attached hydrogens (tertiary/aromatic N) is 2. The molecule has 2 N–H and O–H groups in total. The van der Waals surface area contributed by atoms with Crippen LogP contribution >= 0.6 is 15.9 Å². The minimum absolute atomic E-state index is 0.260. The average molecular weight is 351 g/mol. The van der Waals surface area contributed by atoms with Crippen molar-refractivity contribution in [2.75, 3.05) is 24.8 Å². The lowest BCUT2D eigenvalue weighted by Crippen LogP contribution is -2.05. The van der Waals surface area contributed by atoms with E-state index in [0.29, 0.717) is 0 Å². The molecule has 1 aromatic heterocycles. The zero-order chi connectivity index (χ0) is 15.4. The molecule has 0 saturated heterocycles. The first kappa shape index (κ1) is 15.6. The fourth-order valence-corrected chi connectivity index (χ4v) is 2.29. The van der Waals surface area contributed by atoms with Crippen molar-refractivity contribution in [2.45, 2.75) is 19.8 Å². The largest absolute Gasteiger partial charge is 0.497 e. The summed E-state index contributed by atoms with van der Waals surface area (Å²) >= 11 is 3.47. The minimum atomic E-state index is 0.260. The monoisotopic (exact) mass is 350 g/mol. The number of rotatable bonds is 5. The van der Waals surface area contributed by atoms with Crippen molar-refractivity contribution in [1.82, 2.24) is 9.97 Å². The van der Waals surface area contributed by atoms with Gasteiger partial charge in [0.15, 0.2) is 0 Å². The summed E-state index contributed by atoms with van der Waals surface area (Å²) in [5, 5.41) is 6.35. The van der Waals surface area contributed by atoms with E-state index in [4.69, 9.17) is 4.74 Å². The van der Waals surface area contributed by atoms with E-state index in [1.807, 2.05) is 31.3 Å². The van der Waals surface area contributed by atoms with Gasteiger partial charge in [0.2, 0.25) is 0 Å². The number of hydrogen-bond acceptors (Lipinski definition) is 5. The standard InChI is InChI=1S/C15H19BrN4O/c1-9(2)15-19-13(17-3)8-14(20-15)18-11-5-10(16)6-12(7-11)21-4/h5-9H,1-4H3,(H2,17,18,19,20). The highest BCUT2D eigenvalue weighted by atomic mass is 79.9. The molecule has 112 valence electrons. The molecule has 0 saturated carbocycles. The van der Waals surface area contributed by atoms with Gasteiger partial charge < -0.3 is 15.4 Å². The van der Waals surface area contributed by atoms with Crippen LogP contribution in [0.5, 0.6) is 5.75 Å². The smallest absolute Gasteiger partial charge is 0.136 e. The van der Waals surface area contributed by atoms with Gasteiger partial charge in [-0.3, -0.25) is 0 Å². The number of hydrogen-bond donors (Lipinski definition) is 2. The first-order valence-electron chi connectivity index (χ1n) is 6.70. The van der Waals surface area contributed by atoms with Crippen molar-refractivity contribution >= 4 is 33.3 Å². The zero-order valence-corrected chi connectivity index (χ0v) is 14.2. The zero-order valence-electron chi connectivity index (χ0n) is 12.6. The molecule has 0 bridgehead atoms. The van der Waals surface area contributed by atoms with Crippen molar-refractivity contribution in [3.05, 3.63) is 34.6 Å². The van der Waals surface area contributed by atoms with Gasteiger partial charge in [0.25, 0.3) is 0 Å². The minimum Gasteiger partial charge on any atom is -0.497 e. The van der Waals surface area contributed by atoms with Crippen LogP contribution in [0.4, 0.5) is 17.3 Å². The summed E-state index contributed by atoms with van der Waals surface area (Å²) in [6.07, 6.45) is 0. The molecule has 0 atom stereocenters. The number of benzene rings is 1. The van der Waals surface area contributed by atoms with Gasteiger partial charge in [-0.05, 0) is 12.1 Å². The van der Waals surface area contributed by atoms with E-state index in [-0.39, 0.29) is 5.92 Å². The number of anilines is 3. The maximum absolute atomic E-state index is 5.27. The predicted octanol–water partition coefficient (Wildman–Crippen LogP) is 4.16. The van der Waals surface area contributed by atoms with E-state index in [1.165, 1.54) is 0 Å². The van der Waals surface area contributed by atoms with E-state index < -0.39 is 0 Å². The fraction of sp³-hybridized carbons (Fsp3) is 0.333. The third kappa shape index (κ3) is 4.07. The average Bonchev–Trinajstić information content (AvgIpc) is 2.46. The van der Waals surface area contributed by atoms with E-state index in [9.17, 15) is 0 Å². The molecule has 0 amide bonds. The lowest BCUT2D eigenvalue weighted by Gasteiger charge is -2.12. The molecular weight excluding hydrogens is 332 g/mol. The topological polar surface area (TPSA) is 59.1 Å². The maximum atomic E-state index is 5.27. The van der Waals surface area contributed by atoms with E-state index >= 15 is 0 Å².